The summed E-state index contributed by atoms with van der Waals surface area (Å²) in [5.74, 6) is -0.493. The molecule has 0 spiro atoms. The van der Waals surface area contributed by atoms with E-state index in [0.717, 1.165) is 5.56 Å². The minimum Gasteiger partial charge on any atom is -0.396 e. The van der Waals surface area contributed by atoms with Crippen LogP contribution in [0.15, 0.2) is 24.4 Å². The quantitative estimate of drug-likeness (QED) is 0.647. The lowest BCUT2D eigenvalue weighted by molar-refractivity contribution is 0.251. The molecule has 1 aliphatic heterocycles. The topological polar surface area (TPSA) is 62.5 Å². The van der Waals surface area contributed by atoms with Crippen LogP contribution >= 0.6 is 11.6 Å². The van der Waals surface area contributed by atoms with Crippen LogP contribution in [0, 0.1) is 12.7 Å². The van der Waals surface area contributed by atoms with Crippen molar-refractivity contribution in [1.29, 1.82) is 0 Å². The Morgan fingerprint density at radius 3 is 2.77 bits per heavy atom. The van der Waals surface area contributed by atoms with Crippen LogP contribution in [0.3, 0.4) is 0 Å². The molecule has 0 aliphatic carbocycles. The van der Waals surface area contributed by atoms with Gasteiger partial charge in [0.25, 0.3) is 0 Å². The van der Waals surface area contributed by atoms with Gasteiger partial charge in [-0.15, -0.1) is 0 Å². The number of carbonyl (C=O) groups is 1. The molecule has 1 aromatic heterocycles. The maximum Gasteiger partial charge on any atom is 0.329 e. The van der Waals surface area contributed by atoms with Crippen molar-refractivity contribution in [3.63, 3.8) is 0 Å². The van der Waals surface area contributed by atoms with Crippen LogP contribution in [0.5, 0.6) is 0 Å². The van der Waals surface area contributed by atoms with Crippen molar-refractivity contribution in [3.05, 3.63) is 46.5 Å². The highest BCUT2D eigenvalue weighted by Gasteiger charge is 2.30. The summed E-state index contributed by atoms with van der Waals surface area (Å²) in [6.45, 7) is 2.06. The number of nitrogen functional groups attached to an aromatic ring is 1. The molecule has 0 bridgehead atoms. The zero-order valence-electron chi connectivity index (χ0n) is 12.1. The van der Waals surface area contributed by atoms with Crippen molar-refractivity contribution < 1.29 is 9.18 Å². The summed E-state index contributed by atoms with van der Waals surface area (Å²) in [5.41, 5.74) is 8.43. The highest BCUT2D eigenvalue weighted by atomic mass is 35.5. The fraction of sp³-hybridized carbons (Fsp3) is 0.200. The molecule has 1 aromatic carbocycles. The first kappa shape index (κ1) is 14.6. The molecule has 2 N–H and O–H groups in total. The van der Waals surface area contributed by atoms with Gasteiger partial charge in [0.05, 0.1) is 23.6 Å². The van der Waals surface area contributed by atoms with Gasteiger partial charge in [0.15, 0.2) is 0 Å². The minimum atomic E-state index is -0.493. The molecule has 2 heterocycles. The van der Waals surface area contributed by atoms with Crippen LogP contribution < -0.4 is 15.5 Å². The molecule has 0 fully saturated rings. The van der Waals surface area contributed by atoms with Gasteiger partial charge in [0.1, 0.15) is 11.0 Å². The Hall–Kier alpha value is -2.34. The highest BCUT2D eigenvalue weighted by Crippen LogP contribution is 2.34. The van der Waals surface area contributed by atoms with Gasteiger partial charge in [0.2, 0.25) is 0 Å². The summed E-state index contributed by atoms with van der Waals surface area (Å²) in [7, 11) is 1.66. The van der Waals surface area contributed by atoms with Crippen molar-refractivity contribution in [2.24, 2.45) is 0 Å². The third-order valence-electron chi connectivity index (χ3n) is 3.74. The largest absolute Gasteiger partial charge is 0.396 e. The van der Waals surface area contributed by atoms with E-state index in [1.54, 1.807) is 31.1 Å². The van der Waals surface area contributed by atoms with E-state index >= 15 is 0 Å². The Morgan fingerprint density at radius 1 is 1.32 bits per heavy atom. The maximum atomic E-state index is 13.5. The minimum absolute atomic E-state index is 0.0103. The zero-order chi connectivity index (χ0) is 16.0. The van der Waals surface area contributed by atoms with E-state index in [0.29, 0.717) is 28.6 Å². The molecule has 0 saturated heterocycles. The van der Waals surface area contributed by atoms with E-state index in [2.05, 4.69) is 4.98 Å². The fourth-order valence-electron chi connectivity index (χ4n) is 2.56. The van der Waals surface area contributed by atoms with Crippen LogP contribution in [-0.2, 0) is 6.54 Å². The molecule has 3 rings (SSSR count). The van der Waals surface area contributed by atoms with Crippen molar-refractivity contribution >= 4 is 34.7 Å². The Morgan fingerprint density at radius 2 is 2.05 bits per heavy atom. The average Bonchev–Trinajstić information content (AvgIpc) is 2.47. The number of hydrogen-bond donors (Lipinski definition) is 1. The molecule has 2 amide bonds. The number of benzene rings is 1. The Balaban J connectivity index is 2.09. The summed E-state index contributed by atoms with van der Waals surface area (Å²) in [6, 6.07) is 4.22. The number of halogens is 2. The second-order valence-electron chi connectivity index (χ2n) is 5.22. The normalized spacial score (nSPS) is 14.3. The van der Waals surface area contributed by atoms with E-state index in [9.17, 15) is 9.18 Å². The zero-order valence-corrected chi connectivity index (χ0v) is 12.9. The monoisotopic (exact) mass is 320 g/mol. The Bertz CT molecular complexity index is 780. The van der Waals surface area contributed by atoms with E-state index in [1.807, 2.05) is 0 Å². The molecule has 7 heteroatoms. The van der Waals surface area contributed by atoms with Gasteiger partial charge in [-0.25, -0.2) is 14.2 Å². The van der Waals surface area contributed by atoms with Gasteiger partial charge < -0.3 is 5.73 Å². The predicted molar refractivity (Wildman–Crippen MR) is 84.8 cm³/mol. The number of urea groups is 1. The molecule has 0 radical (unpaired) electrons. The van der Waals surface area contributed by atoms with E-state index < -0.39 is 5.82 Å². The van der Waals surface area contributed by atoms with Crippen molar-refractivity contribution in [3.8, 4) is 0 Å². The number of amides is 2. The summed E-state index contributed by atoms with van der Waals surface area (Å²) in [5, 5.41) is 0.328. The third-order valence-corrected chi connectivity index (χ3v) is 3.95. The second-order valence-corrected chi connectivity index (χ2v) is 5.61. The number of nitrogens with two attached hydrogens (primary N) is 1. The molecule has 5 nitrogen and oxygen atoms in total. The van der Waals surface area contributed by atoms with Crippen LogP contribution in [0.1, 0.15) is 11.1 Å². The number of fused-ring (bicyclic) bond motifs is 1. The summed E-state index contributed by atoms with van der Waals surface area (Å²) < 4.78 is 13.5. The van der Waals surface area contributed by atoms with Crippen LogP contribution in [0.2, 0.25) is 5.15 Å². The molecule has 0 saturated carbocycles. The van der Waals surface area contributed by atoms with E-state index in [4.69, 9.17) is 17.3 Å². The number of anilines is 3. The Kier molecular flexibility index (Phi) is 3.41. The first-order chi connectivity index (χ1) is 10.4. The third kappa shape index (κ3) is 2.25. The SMILES string of the molecule is Cc1cc(F)c(N)cc1N1Cc2cnc(Cl)cc2N(C)C1=O. The number of aryl methyl sites for hydroxylation is 1. The lowest BCUT2D eigenvalue weighted by atomic mass is 10.1. The summed E-state index contributed by atoms with van der Waals surface area (Å²) in [6.07, 6.45) is 1.63. The molecule has 0 atom stereocenters. The molecule has 114 valence electrons. The fourth-order valence-corrected chi connectivity index (χ4v) is 2.71. The van der Waals surface area contributed by atoms with Crippen molar-refractivity contribution in [2.45, 2.75) is 13.5 Å². The van der Waals surface area contributed by atoms with Crippen LogP contribution in [0.25, 0.3) is 0 Å². The van der Waals surface area contributed by atoms with E-state index in [1.165, 1.54) is 17.0 Å². The number of carbonyl (C=O) groups excluding carboxylic acids is 1. The lowest BCUT2D eigenvalue weighted by Crippen LogP contribution is -2.45. The summed E-state index contributed by atoms with van der Waals surface area (Å²) >= 11 is 5.89. The molecule has 0 unspecified atom stereocenters. The second kappa shape index (κ2) is 5.14. The van der Waals surface area contributed by atoms with Gasteiger partial charge in [-0.2, -0.15) is 0 Å². The number of nitrogens with zero attached hydrogens (tertiary/aromatic N) is 3. The predicted octanol–water partition coefficient (Wildman–Crippen LogP) is 3.34. The number of aromatic nitrogens is 1. The maximum absolute atomic E-state index is 13.5. The van der Waals surface area contributed by atoms with Gasteiger partial charge in [-0.1, -0.05) is 11.6 Å². The van der Waals surface area contributed by atoms with Gasteiger partial charge >= 0.3 is 6.03 Å². The van der Waals surface area contributed by atoms with E-state index in [-0.39, 0.29) is 11.7 Å². The number of rotatable bonds is 1. The van der Waals surface area contributed by atoms with Crippen molar-refractivity contribution in [2.75, 3.05) is 22.6 Å². The summed E-state index contributed by atoms with van der Waals surface area (Å²) in [4.78, 5) is 19.7. The molecule has 2 aromatic rings. The molecule has 1 aliphatic rings. The highest BCUT2D eigenvalue weighted by molar-refractivity contribution is 6.29. The molecule has 22 heavy (non-hydrogen) atoms. The van der Waals surface area contributed by atoms with Crippen LogP contribution in [0.4, 0.5) is 26.2 Å². The first-order valence-corrected chi connectivity index (χ1v) is 7.01. The van der Waals surface area contributed by atoms with Gasteiger partial charge in [0, 0.05) is 18.8 Å². The van der Waals surface area contributed by atoms with Gasteiger partial charge in [-0.3, -0.25) is 9.80 Å². The number of pyridine rings is 1. The number of hydrogen-bond acceptors (Lipinski definition) is 3. The van der Waals surface area contributed by atoms with Gasteiger partial charge in [-0.05, 0) is 30.7 Å². The van der Waals surface area contributed by atoms with Crippen molar-refractivity contribution in [1.82, 2.24) is 4.98 Å². The average molecular weight is 321 g/mol. The molecular weight excluding hydrogens is 307 g/mol. The lowest BCUT2D eigenvalue weighted by Gasteiger charge is -2.35. The first-order valence-electron chi connectivity index (χ1n) is 6.63. The standard InChI is InChI=1S/C15H14ClFN4O/c1-8-3-10(17)11(18)4-12(8)21-7-9-6-19-14(16)5-13(9)20(2)15(21)22/h3-6H,7,18H2,1-2H3. The smallest absolute Gasteiger partial charge is 0.329 e. The molecular formula is C15H14ClFN4O. The van der Waals surface area contributed by atoms with Crippen LogP contribution in [-0.4, -0.2) is 18.1 Å². The Labute approximate surface area is 132 Å².